The van der Waals surface area contributed by atoms with Crippen molar-refractivity contribution in [2.45, 2.75) is 51.4 Å². The number of hydrogen-bond donors (Lipinski definition) is 1. The summed E-state index contributed by atoms with van der Waals surface area (Å²) in [5.41, 5.74) is 5.98. The van der Waals surface area contributed by atoms with E-state index in [2.05, 4.69) is 94.4 Å². The van der Waals surface area contributed by atoms with Crippen LogP contribution in [0.4, 0.5) is 0 Å². The maximum Gasteiger partial charge on any atom is 0.147 e. The topological polar surface area (TPSA) is 50.9 Å². The highest BCUT2D eigenvalue weighted by molar-refractivity contribution is 5.74. The highest BCUT2D eigenvalue weighted by Crippen LogP contribution is 2.46. The summed E-state index contributed by atoms with van der Waals surface area (Å²) in [6, 6.07) is 33.1. The molecular formula is C32H33N3O. The van der Waals surface area contributed by atoms with Crippen molar-refractivity contribution in [1.82, 2.24) is 15.0 Å². The van der Waals surface area contributed by atoms with Gasteiger partial charge in [0.25, 0.3) is 0 Å². The SMILES string of the molecule is CCC(C)(c1ccccc1)c1cc(-n2nc3ccccc3n2)c(O)c(C(C)(CC)c2ccccc2)c1. The Labute approximate surface area is 213 Å². The van der Waals surface area contributed by atoms with Crippen molar-refractivity contribution in [2.24, 2.45) is 0 Å². The van der Waals surface area contributed by atoms with E-state index in [1.54, 1.807) is 4.80 Å². The number of phenolic OH excluding ortho intramolecular Hbond substituents is 1. The number of aromatic hydroxyl groups is 1. The van der Waals surface area contributed by atoms with Crippen LogP contribution in [0.2, 0.25) is 0 Å². The van der Waals surface area contributed by atoms with E-state index in [-0.39, 0.29) is 11.2 Å². The Balaban J connectivity index is 1.82. The average Bonchev–Trinajstić information content (AvgIpc) is 3.37. The second kappa shape index (κ2) is 9.27. The molecular weight excluding hydrogens is 442 g/mol. The predicted molar refractivity (Wildman–Crippen MR) is 147 cm³/mol. The Bertz CT molecular complexity index is 1460. The molecule has 0 aliphatic carbocycles. The van der Waals surface area contributed by atoms with E-state index in [9.17, 15) is 5.11 Å². The number of benzene rings is 4. The molecule has 5 aromatic rings. The number of nitrogens with zero attached hydrogens (tertiary/aromatic N) is 3. The molecule has 4 aromatic carbocycles. The van der Waals surface area contributed by atoms with Gasteiger partial charge in [-0.2, -0.15) is 0 Å². The zero-order valence-corrected chi connectivity index (χ0v) is 21.4. The Morgan fingerprint density at radius 1 is 0.639 bits per heavy atom. The molecule has 2 atom stereocenters. The van der Waals surface area contributed by atoms with Gasteiger partial charge in [0.1, 0.15) is 22.5 Å². The van der Waals surface area contributed by atoms with Gasteiger partial charge in [-0.15, -0.1) is 15.0 Å². The van der Waals surface area contributed by atoms with Gasteiger partial charge in [-0.1, -0.05) is 107 Å². The zero-order chi connectivity index (χ0) is 25.3. The largest absolute Gasteiger partial charge is 0.505 e. The molecule has 182 valence electrons. The Morgan fingerprint density at radius 2 is 1.11 bits per heavy atom. The van der Waals surface area contributed by atoms with E-state index in [1.165, 1.54) is 11.1 Å². The molecule has 0 saturated heterocycles. The van der Waals surface area contributed by atoms with Crippen molar-refractivity contribution in [3.05, 3.63) is 119 Å². The number of rotatable bonds is 7. The fourth-order valence-corrected chi connectivity index (χ4v) is 5.22. The molecule has 0 aliphatic heterocycles. The molecule has 0 spiro atoms. The molecule has 2 unspecified atom stereocenters. The van der Waals surface area contributed by atoms with E-state index < -0.39 is 5.41 Å². The molecule has 1 heterocycles. The smallest absolute Gasteiger partial charge is 0.147 e. The second-order valence-corrected chi connectivity index (χ2v) is 9.97. The lowest BCUT2D eigenvalue weighted by Gasteiger charge is -2.35. The van der Waals surface area contributed by atoms with Crippen LogP contribution in [0.25, 0.3) is 16.7 Å². The van der Waals surface area contributed by atoms with Crippen molar-refractivity contribution >= 4 is 11.0 Å². The summed E-state index contributed by atoms with van der Waals surface area (Å²) in [6.07, 6.45) is 1.74. The normalized spacial score (nSPS) is 14.9. The average molecular weight is 476 g/mol. The Hall–Kier alpha value is -3.92. The maximum atomic E-state index is 11.8. The number of fused-ring (bicyclic) bond motifs is 1. The molecule has 0 fully saturated rings. The van der Waals surface area contributed by atoms with Crippen LogP contribution in [-0.4, -0.2) is 20.1 Å². The summed E-state index contributed by atoms with van der Waals surface area (Å²) in [7, 11) is 0. The zero-order valence-electron chi connectivity index (χ0n) is 21.4. The summed E-state index contributed by atoms with van der Waals surface area (Å²) in [4.78, 5) is 1.59. The second-order valence-electron chi connectivity index (χ2n) is 9.97. The lowest BCUT2D eigenvalue weighted by Crippen LogP contribution is -2.27. The maximum absolute atomic E-state index is 11.8. The van der Waals surface area contributed by atoms with Crippen LogP contribution < -0.4 is 0 Å². The van der Waals surface area contributed by atoms with Crippen LogP contribution in [-0.2, 0) is 10.8 Å². The van der Waals surface area contributed by atoms with Gasteiger partial charge in [0.2, 0.25) is 0 Å². The van der Waals surface area contributed by atoms with Gasteiger partial charge in [0, 0.05) is 16.4 Å². The van der Waals surface area contributed by atoms with Crippen molar-refractivity contribution in [1.29, 1.82) is 0 Å². The van der Waals surface area contributed by atoms with Gasteiger partial charge in [-0.25, -0.2) is 0 Å². The van der Waals surface area contributed by atoms with E-state index >= 15 is 0 Å². The molecule has 0 aliphatic rings. The molecule has 5 rings (SSSR count). The van der Waals surface area contributed by atoms with Crippen LogP contribution in [0.3, 0.4) is 0 Å². The monoisotopic (exact) mass is 475 g/mol. The lowest BCUT2D eigenvalue weighted by atomic mass is 9.69. The molecule has 4 nitrogen and oxygen atoms in total. The lowest BCUT2D eigenvalue weighted by molar-refractivity contribution is 0.432. The third-order valence-electron chi connectivity index (χ3n) is 8.06. The first-order valence-corrected chi connectivity index (χ1v) is 12.7. The molecule has 0 saturated carbocycles. The van der Waals surface area contributed by atoms with Crippen LogP contribution >= 0.6 is 0 Å². The van der Waals surface area contributed by atoms with Crippen molar-refractivity contribution < 1.29 is 5.11 Å². The fourth-order valence-electron chi connectivity index (χ4n) is 5.22. The Kier molecular flexibility index (Phi) is 6.13. The summed E-state index contributed by atoms with van der Waals surface area (Å²) >= 11 is 0. The highest BCUT2D eigenvalue weighted by Gasteiger charge is 2.35. The fraction of sp³-hybridized carbons (Fsp3) is 0.250. The first-order chi connectivity index (χ1) is 17.4. The minimum Gasteiger partial charge on any atom is -0.505 e. The van der Waals surface area contributed by atoms with E-state index in [1.807, 2.05) is 30.3 Å². The Morgan fingerprint density at radius 3 is 1.61 bits per heavy atom. The molecule has 1 aromatic heterocycles. The highest BCUT2D eigenvalue weighted by atomic mass is 16.3. The van der Waals surface area contributed by atoms with Crippen LogP contribution in [0.15, 0.2) is 97.1 Å². The standard InChI is InChI=1S/C32H33N3O/c1-5-31(3,23-15-9-7-10-16-23)25-21-26(32(4,6-2)24-17-11-8-12-18-24)30(36)29(22-25)35-33-27-19-13-14-20-28(27)34-35/h7-22,36H,5-6H2,1-4H3. The van der Waals surface area contributed by atoms with Gasteiger partial charge in [-0.05, 0) is 47.7 Å². The van der Waals surface area contributed by atoms with Crippen LogP contribution in [0.1, 0.15) is 62.8 Å². The van der Waals surface area contributed by atoms with Gasteiger partial charge >= 0.3 is 0 Å². The molecule has 0 radical (unpaired) electrons. The molecule has 36 heavy (non-hydrogen) atoms. The summed E-state index contributed by atoms with van der Waals surface area (Å²) in [5.74, 6) is 0.221. The van der Waals surface area contributed by atoms with Crippen molar-refractivity contribution in [3.63, 3.8) is 0 Å². The van der Waals surface area contributed by atoms with Crippen LogP contribution in [0, 0.1) is 0 Å². The van der Waals surface area contributed by atoms with Gasteiger partial charge in [0.05, 0.1) is 0 Å². The molecule has 0 amide bonds. The molecule has 0 bridgehead atoms. The summed E-state index contributed by atoms with van der Waals surface area (Å²) in [5, 5.41) is 21.3. The number of hydrogen-bond acceptors (Lipinski definition) is 3. The molecule has 1 N–H and O–H groups in total. The third kappa shape index (κ3) is 3.87. The first-order valence-electron chi connectivity index (χ1n) is 12.7. The quantitative estimate of drug-likeness (QED) is 0.264. The van der Waals surface area contributed by atoms with E-state index in [0.29, 0.717) is 5.69 Å². The minimum atomic E-state index is -0.395. The van der Waals surface area contributed by atoms with Gasteiger partial charge in [-0.3, -0.25) is 0 Å². The third-order valence-corrected chi connectivity index (χ3v) is 8.06. The number of aromatic nitrogens is 3. The predicted octanol–water partition coefficient (Wildman–Crippen LogP) is 7.56. The van der Waals surface area contributed by atoms with E-state index in [0.717, 1.165) is 35.0 Å². The van der Waals surface area contributed by atoms with E-state index in [4.69, 9.17) is 10.2 Å². The summed E-state index contributed by atoms with van der Waals surface area (Å²) in [6.45, 7) is 8.89. The van der Waals surface area contributed by atoms with Crippen molar-refractivity contribution in [2.75, 3.05) is 0 Å². The van der Waals surface area contributed by atoms with Crippen molar-refractivity contribution in [3.8, 4) is 11.4 Å². The summed E-state index contributed by atoms with van der Waals surface area (Å²) < 4.78 is 0. The van der Waals surface area contributed by atoms with Gasteiger partial charge in [0.15, 0.2) is 0 Å². The van der Waals surface area contributed by atoms with Crippen LogP contribution in [0.5, 0.6) is 5.75 Å². The first kappa shape index (κ1) is 23.8. The minimum absolute atomic E-state index is 0.221. The van der Waals surface area contributed by atoms with Gasteiger partial charge < -0.3 is 5.11 Å². The number of phenols is 1. The molecule has 4 heteroatoms.